The fourth-order valence-electron chi connectivity index (χ4n) is 2.16. The highest BCUT2D eigenvalue weighted by Gasteiger charge is 2.05. The molecule has 6 nitrogen and oxygen atoms in total. The van der Waals surface area contributed by atoms with Gasteiger partial charge < -0.3 is 20.3 Å². The van der Waals surface area contributed by atoms with Crippen LogP contribution in [0.2, 0.25) is 0 Å². The van der Waals surface area contributed by atoms with Gasteiger partial charge in [-0.2, -0.15) is 0 Å². The second kappa shape index (κ2) is 11.7. The van der Waals surface area contributed by atoms with E-state index in [-0.39, 0.29) is 0 Å². The quantitative estimate of drug-likeness (QED) is 0.390. The predicted octanol–water partition coefficient (Wildman–Crippen LogP) is 2.27. The summed E-state index contributed by atoms with van der Waals surface area (Å²) >= 11 is 0. The van der Waals surface area contributed by atoms with Gasteiger partial charge in [-0.3, -0.25) is 0 Å². The summed E-state index contributed by atoms with van der Waals surface area (Å²) in [7, 11) is 3.99. The molecule has 1 aromatic rings. The number of nitrogens with one attached hydrogen (secondary N) is 2. The molecule has 24 heavy (non-hydrogen) atoms. The predicted molar refractivity (Wildman–Crippen MR) is 102 cm³/mol. The Bertz CT molecular complexity index is 488. The average Bonchev–Trinajstić information content (AvgIpc) is 2.55. The highest BCUT2D eigenvalue weighted by molar-refractivity contribution is 5.79. The standard InChI is InChI=1S/C18H33N5O/c1-6-19-18(21-11-8-12-24-14-15(2)3)22-13-16-9-7-10-20-17(16)23(4)5/h7,9-10,15H,6,8,11-14H2,1-5H3,(H2,19,21,22). The van der Waals surface area contributed by atoms with Gasteiger partial charge in [-0.1, -0.05) is 19.9 Å². The topological polar surface area (TPSA) is 61.8 Å². The van der Waals surface area contributed by atoms with Crippen LogP contribution in [0.15, 0.2) is 23.3 Å². The monoisotopic (exact) mass is 335 g/mol. The molecule has 6 heteroatoms. The fraction of sp³-hybridized carbons (Fsp3) is 0.667. The fourth-order valence-corrected chi connectivity index (χ4v) is 2.16. The minimum absolute atomic E-state index is 0.585. The third-order valence-electron chi connectivity index (χ3n) is 3.25. The molecule has 1 rings (SSSR count). The molecule has 0 saturated carbocycles. The van der Waals surface area contributed by atoms with Crippen LogP contribution in [0, 0.1) is 5.92 Å². The normalized spacial score (nSPS) is 11.7. The number of guanidine groups is 1. The Labute approximate surface area is 146 Å². The number of hydrogen-bond acceptors (Lipinski definition) is 4. The lowest BCUT2D eigenvalue weighted by molar-refractivity contribution is 0.108. The Morgan fingerprint density at radius 2 is 2.12 bits per heavy atom. The van der Waals surface area contributed by atoms with E-state index in [1.807, 2.05) is 31.3 Å². The number of aromatic nitrogens is 1. The molecule has 1 aromatic heterocycles. The van der Waals surface area contributed by atoms with Gasteiger partial charge in [-0.15, -0.1) is 0 Å². The number of rotatable bonds is 10. The van der Waals surface area contributed by atoms with Crippen LogP contribution in [0.4, 0.5) is 5.82 Å². The average molecular weight is 335 g/mol. The SMILES string of the molecule is CCNC(=NCc1cccnc1N(C)C)NCCCOCC(C)C. The van der Waals surface area contributed by atoms with Crippen LogP contribution in [-0.2, 0) is 11.3 Å². The number of pyridine rings is 1. The van der Waals surface area contributed by atoms with Crippen molar-refractivity contribution >= 4 is 11.8 Å². The van der Waals surface area contributed by atoms with Gasteiger partial charge in [0, 0.05) is 52.2 Å². The van der Waals surface area contributed by atoms with E-state index in [1.54, 1.807) is 0 Å². The molecule has 0 bridgehead atoms. The lowest BCUT2D eigenvalue weighted by Gasteiger charge is -2.15. The first-order valence-corrected chi connectivity index (χ1v) is 8.75. The Hall–Kier alpha value is -1.82. The van der Waals surface area contributed by atoms with Crippen LogP contribution >= 0.6 is 0 Å². The summed E-state index contributed by atoms with van der Waals surface area (Å²) in [6.07, 6.45) is 2.77. The van der Waals surface area contributed by atoms with Crippen molar-refractivity contribution in [3.63, 3.8) is 0 Å². The van der Waals surface area contributed by atoms with E-state index in [1.165, 1.54) is 0 Å². The number of aliphatic imine (C=N–C) groups is 1. The van der Waals surface area contributed by atoms with Gasteiger partial charge in [0.1, 0.15) is 5.82 Å². The summed E-state index contributed by atoms with van der Waals surface area (Å²) in [6, 6.07) is 4.01. The molecule has 0 aliphatic rings. The second-order valence-corrected chi connectivity index (χ2v) is 6.32. The van der Waals surface area contributed by atoms with E-state index < -0.39 is 0 Å². The second-order valence-electron chi connectivity index (χ2n) is 6.32. The maximum Gasteiger partial charge on any atom is 0.191 e. The minimum Gasteiger partial charge on any atom is -0.381 e. The number of hydrogen-bond donors (Lipinski definition) is 2. The number of ether oxygens (including phenoxy) is 1. The first-order chi connectivity index (χ1) is 11.5. The molecule has 0 saturated heterocycles. The molecule has 0 aromatic carbocycles. The van der Waals surface area contributed by atoms with Crippen molar-refractivity contribution in [3.8, 4) is 0 Å². The summed E-state index contributed by atoms with van der Waals surface area (Å²) in [5.41, 5.74) is 1.11. The highest BCUT2D eigenvalue weighted by Crippen LogP contribution is 2.15. The van der Waals surface area contributed by atoms with E-state index >= 15 is 0 Å². The van der Waals surface area contributed by atoms with Crippen LogP contribution in [0.25, 0.3) is 0 Å². The molecule has 0 amide bonds. The Kier molecular flexibility index (Phi) is 9.84. The van der Waals surface area contributed by atoms with E-state index in [4.69, 9.17) is 4.74 Å². The van der Waals surface area contributed by atoms with Crippen LogP contribution in [-0.4, -0.2) is 51.3 Å². The molecule has 0 fully saturated rings. The van der Waals surface area contributed by atoms with Gasteiger partial charge in [-0.25, -0.2) is 9.98 Å². The Morgan fingerprint density at radius 1 is 1.33 bits per heavy atom. The summed E-state index contributed by atoms with van der Waals surface area (Å²) in [5, 5.41) is 6.63. The molecule has 0 aliphatic carbocycles. The van der Waals surface area contributed by atoms with Crippen molar-refractivity contribution in [3.05, 3.63) is 23.9 Å². The Balaban J connectivity index is 2.48. The number of anilines is 1. The lowest BCUT2D eigenvalue weighted by Crippen LogP contribution is -2.38. The van der Waals surface area contributed by atoms with Gasteiger partial charge in [0.05, 0.1) is 6.54 Å². The largest absolute Gasteiger partial charge is 0.381 e. The molecule has 1 heterocycles. The van der Waals surface area contributed by atoms with Gasteiger partial charge in [0.15, 0.2) is 5.96 Å². The maximum atomic E-state index is 5.59. The molecule has 0 aliphatic heterocycles. The van der Waals surface area contributed by atoms with E-state index in [0.717, 1.165) is 50.1 Å². The van der Waals surface area contributed by atoms with Crippen molar-refractivity contribution < 1.29 is 4.74 Å². The van der Waals surface area contributed by atoms with Crippen molar-refractivity contribution in [2.75, 3.05) is 45.3 Å². The van der Waals surface area contributed by atoms with Crippen molar-refractivity contribution in [2.45, 2.75) is 33.7 Å². The summed E-state index contributed by atoms with van der Waals surface area (Å²) < 4.78 is 5.59. The lowest BCUT2D eigenvalue weighted by atomic mass is 10.2. The summed E-state index contributed by atoms with van der Waals surface area (Å²) in [6.45, 7) is 10.3. The first-order valence-electron chi connectivity index (χ1n) is 8.75. The van der Waals surface area contributed by atoms with Crippen LogP contribution < -0.4 is 15.5 Å². The summed E-state index contributed by atoms with van der Waals surface area (Å²) in [4.78, 5) is 11.1. The molecule has 0 radical (unpaired) electrons. The minimum atomic E-state index is 0.585. The third-order valence-corrected chi connectivity index (χ3v) is 3.25. The maximum absolute atomic E-state index is 5.59. The molecule has 0 spiro atoms. The van der Waals surface area contributed by atoms with Crippen LogP contribution in [0.1, 0.15) is 32.8 Å². The zero-order valence-electron chi connectivity index (χ0n) is 15.8. The van der Waals surface area contributed by atoms with E-state index in [2.05, 4.69) is 47.4 Å². The third kappa shape index (κ3) is 8.15. The van der Waals surface area contributed by atoms with Gasteiger partial charge in [-0.05, 0) is 25.3 Å². The molecular formula is C18H33N5O. The van der Waals surface area contributed by atoms with E-state index in [0.29, 0.717) is 12.5 Å². The van der Waals surface area contributed by atoms with Crippen molar-refractivity contribution in [1.29, 1.82) is 0 Å². The van der Waals surface area contributed by atoms with Crippen molar-refractivity contribution in [2.24, 2.45) is 10.9 Å². The van der Waals surface area contributed by atoms with Gasteiger partial charge in [0.25, 0.3) is 0 Å². The zero-order valence-corrected chi connectivity index (χ0v) is 15.8. The summed E-state index contributed by atoms with van der Waals surface area (Å²) in [5.74, 6) is 2.37. The smallest absolute Gasteiger partial charge is 0.191 e. The molecule has 0 atom stereocenters. The molecule has 136 valence electrons. The van der Waals surface area contributed by atoms with Gasteiger partial charge in [0.2, 0.25) is 0 Å². The highest BCUT2D eigenvalue weighted by atomic mass is 16.5. The first kappa shape index (κ1) is 20.2. The van der Waals surface area contributed by atoms with Crippen LogP contribution in [0.5, 0.6) is 0 Å². The molecular weight excluding hydrogens is 302 g/mol. The van der Waals surface area contributed by atoms with E-state index in [9.17, 15) is 0 Å². The number of nitrogens with zero attached hydrogens (tertiary/aromatic N) is 3. The Morgan fingerprint density at radius 3 is 2.79 bits per heavy atom. The van der Waals surface area contributed by atoms with Crippen molar-refractivity contribution in [1.82, 2.24) is 15.6 Å². The molecule has 0 unspecified atom stereocenters. The van der Waals surface area contributed by atoms with Crippen LogP contribution in [0.3, 0.4) is 0 Å². The zero-order chi connectivity index (χ0) is 17.8. The van der Waals surface area contributed by atoms with Gasteiger partial charge >= 0.3 is 0 Å². The molecule has 2 N–H and O–H groups in total.